The second-order valence-electron chi connectivity index (χ2n) is 4.02. The number of rotatable bonds is 1. The fraction of sp³-hybridized carbons (Fsp3) is 0. The summed E-state index contributed by atoms with van der Waals surface area (Å²) in [5.41, 5.74) is 2.69. The Morgan fingerprint density at radius 3 is 2.67 bits per heavy atom. The molecule has 0 fully saturated rings. The summed E-state index contributed by atoms with van der Waals surface area (Å²) >= 11 is 9.26. The zero-order chi connectivity index (χ0) is 12.7. The largest absolute Gasteiger partial charge is 0.354 e. The second-order valence-corrected chi connectivity index (χ2v) is 5.28. The van der Waals surface area contributed by atoms with Crippen molar-refractivity contribution in [2.45, 2.75) is 0 Å². The van der Waals surface area contributed by atoms with E-state index in [4.69, 9.17) is 11.6 Å². The summed E-state index contributed by atoms with van der Waals surface area (Å²) in [5.74, 6) is -0.361. The van der Waals surface area contributed by atoms with Gasteiger partial charge in [0, 0.05) is 22.2 Å². The highest BCUT2D eigenvalue weighted by atomic mass is 79.9. The van der Waals surface area contributed by atoms with Crippen LogP contribution >= 0.6 is 27.5 Å². The summed E-state index contributed by atoms with van der Waals surface area (Å²) in [5, 5.41) is 1.49. The van der Waals surface area contributed by atoms with Crippen LogP contribution < -0.4 is 0 Å². The summed E-state index contributed by atoms with van der Waals surface area (Å²) < 4.78 is 13.7. The van der Waals surface area contributed by atoms with Crippen molar-refractivity contribution in [2.75, 3.05) is 0 Å². The van der Waals surface area contributed by atoms with Gasteiger partial charge in [-0.3, -0.25) is 0 Å². The smallest absolute Gasteiger partial charge is 0.138 e. The van der Waals surface area contributed by atoms with Crippen molar-refractivity contribution < 1.29 is 4.39 Å². The monoisotopic (exact) mass is 323 g/mol. The Balaban J connectivity index is 2.22. The zero-order valence-electron chi connectivity index (χ0n) is 9.18. The van der Waals surface area contributed by atoms with E-state index in [0.717, 1.165) is 22.2 Å². The lowest BCUT2D eigenvalue weighted by atomic mass is 10.1. The van der Waals surface area contributed by atoms with Gasteiger partial charge in [0.2, 0.25) is 0 Å². The molecule has 0 aliphatic heterocycles. The van der Waals surface area contributed by atoms with E-state index in [9.17, 15) is 4.39 Å². The van der Waals surface area contributed by atoms with Gasteiger partial charge in [-0.1, -0.05) is 29.8 Å². The molecule has 1 N–H and O–H groups in total. The molecule has 0 aliphatic carbocycles. The normalized spacial score (nSPS) is 11.1. The summed E-state index contributed by atoms with van der Waals surface area (Å²) in [7, 11) is 0. The van der Waals surface area contributed by atoms with Crippen LogP contribution in [-0.2, 0) is 0 Å². The van der Waals surface area contributed by atoms with Crippen LogP contribution in [0.4, 0.5) is 4.39 Å². The van der Waals surface area contributed by atoms with Crippen molar-refractivity contribution in [3.05, 3.63) is 57.8 Å². The first-order valence-electron chi connectivity index (χ1n) is 5.38. The lowest BCUT2D eigenvalue weighted by Gasteiger charge is -2.03. The SMILES string of the molecule is Fc1cc(Cl)c(-c2cc3ccccc3[nH]2)cc1Br. The Morgan fingerprint density at radius 2 is 1.89 bits per heavy atom. The third kappa shape index (κ3) is 1.93. The van der Waals surface area contributed by atoms with E-state index in [0.29, 0.717) is 9.50 Å². The van der Waals surface area contributed by atoms with Crippen molar-refractivity contribution in [1.82, 2.24) is 4.98 Å². The Hall–Kier alpha value is -1.32. The van der Waals surface area contributed by atoms with Gasteiger partial charge in [0.05, 0.1) is 9.50 Å². The molecule has 3 rings (SSSR count). The summed E-state index contributed by atoms with van der Waals surface area (Å²) in [6, 6.07) is 12.9. The second kappa shape index (κ2) is 4.41. The first-order valence-corrected chi connectivity index (χ1v) is 6.55. The average Bonchev–Trinajstić information content (AvgIpc) is 2.77. The van der Waals surface area contributed by atoms with E-state index in [2.05, 4.69) is 20.9 Å². The topological polar surface area (TPSA) is 15.8 Å². The van der Waals surface area contributed by atoms with Gasteiger partial charge in [-0.2, -0.15) is 0 Å². The minimum absolute atomic E-state index is 0.361. The lowest BCUT2D eigenvalue weighted by Crippen LogP contribution is -1.84. The third-order valence-electron chi connectivity index (χ3n) is 2.83. The van der Waals surface area contributed by atoms with Crippen molar-refractivity contribution >= 4 is 38.4 Å². The number of halogens is 3. The zero-order valence-corrected chi connectivity index (χ0v) is 11.5. The molecule has 1 aromatic heterocycles. The van der Waals surface area contributed by atoms with Crippen LogP contribution in [0.2, 0.25) is 5.02 Å². The van der Waals surface area contributed by atoms with Crippen molar-refractivity contribution in [1.29, 1.82) is 0 Å². The summed E-state index contributed by atoms with van der Waals surface area (Å²) in [6.45, 7) is 0. The highest BCUT2D eigenvalue weighted by Crippen LogP contribution is 2.33. The number of hydrogen-bond donors (Lipinski definition) is 1. The Kier molecular flexibility index (Phi) is 2.88. The van der Waals surface area contributed by atoms with Gasteiger partial charge in [-0.25, -0.2) is 4.39 Å². The van der Waals surface area contributed by atoms with Gasteiger partial charge in [0.15, 0.2) is 0 Å². The summed E-state index contributed by atoms with van der Waals surface area (Å²) in [6.07, 6.45) is 0. The van der Waals surface area contributed by atoms with E-state index in [-0.39, 0.29) is 5.82 Å². The first-order chi connectivity index (χ1) is 8.65. The van der Waals surface area contributed by atoms with Crippen LogP contribution in [0.1, 0.15) is 0 Å². The molecule has 3 aromatic rings. The fourth-order valence-corrected chi connectivity index (χ4v) is 2.54. The number of aromatic amines is 1. The van der Waals surface area contributed by atoms with E-state index in [1.807, 2.05) is 30.3 Å². The molecule has 0 unspecified atom stereocenters. The standard InChI is InChI=1S/C14H8BrClFN/c15-10-6-9(11(16)7-12(10)17)14-5-8-3-1-2-4-13(8)18-14/h1-7,18H. The maximum Gasteiger partial charge on any atom is 0.138 e. The molecule has 0 atom stereocenters. The Bertz CT molecular complexity index is 703. The molecule has 0 bridgehead atoms. The molecule has 18 heavy (non-hydrogen) atoms. The number of H-pyrrole nitrogens is 1. The number of aromatic nitrogens is 1. The highest BCUT2D eigenvalue weighted by Gasteiger charge is 2.10. The molecular weight excluding hydrogens is 317 g/mol. The summed E-state index contributed by atoms with van der Waals surface area (Å²) in [4.78, 5) is 3.27. The molecule has 0 amide bonds. The van der Waals surface area contributed by atoms with Crippen LogP contribution in [0.15, 0.2) is 46.9 Å². The molecule has 4 heteroatoms. The molecule has 0 aliphatic rings. The van der Waals surface area contributed by atoms with Crippen molar-refractivity contribution in [3.8, 4) is 11.3 Å². The van der Waals surface area contributed by atoms with Gasteiger partial charge in [0.25, 0.3) is 0 Å². The Morgan fingerprint density at radius 1 is 1.11 bits per heavy atom. The molecule has 0 radical (unpaired) electrons. The van der Waals surface area contributed by atoms with Crippen LogP contribution in [0.25, 0.3) is 22.2 Å². The molecule has 0 saturated carbocycles. The van der Waals surface area contributed by atoms with Gasteiger partial charge in [0.1, 0.15) is 5.82 Å². The van der Waals surface area contributed by atoms with Gasteiger partial charge in [-0.15, -0.1) is 0 Å². The van der Waals surface area contributed by atoms with Gasteiger partial charge < -0.3 is 4.98 Å². The fourth-order valence-electron chi connectivity index (χ4n) is 1.95. The molecule has 2 aromatic carbocycles. The Labute approximate surface area is 117 Å². The molecule has 0 spiro atoms. The molecular formula is C14H8BrClFN. The highest BCUT2D eigenvalue weighted by molar-refractivity contribution is 9.10. The van der Waals surface area contributed by atoms with E-state index < -0.39 is 0 Å². The number of fused-ring (bicyclic) bond motifs is 1. The predicted octanol–water partition coefficient (Wildman–Crippen LogP) is 5.39. The quantitative estimate of drug-likeness (QED) is 0.578. The number of para-hydroxylation sites is 1. The van der Waals surface area contributed by atoms with Crippen molar-refractivity contribution in [3.63, 3.8) is 0 Å². The van der Waals surface area contributed by atoms with Crippen LogP contribution in [0.3, 0.4) is 0 Å². The maximum atomic E-state index is 13.3. The minimum Gasteiger partial charge on any atom is -0.354 e. The van der Waals surface area contributed by atoms with Crippen molar-refractivity contribution in [2.24, 2.45) is 0 Å². The molecule has 1 heterocycles. The third-order valence-corrected chi connectivity index (χ3v) is 3.75. The number of hydrogen-bond acceptors (Lipinski definition) is 0. The van der Waals surface area contributed by atoms with Gasteiger partial charge >= 0.3 is 0 Å². The van der Waals surface area contributed by atoms with E-state index >= 15 is 0 Å². The van der Waals surface area contributed by atoms with E-state index in [1.165, 1.54) is 6.07 Å². The maximum absolute atomic E-state index is 13.3. The van der Waals surface area contributed by atoms with Crippen LogP contribution in [-0.4, -0.2) is 4.98 Å². The lowest BCUT2D eigenvalue weighted by molar-refractivity contribution is 0.621. The number of nitrogens with one attached hydrogen (secondary N) is 1. The number of benzene rings is 2. The van der Waals surface area contributed by atoms with E-state index in [1.54, 1.807) is 6.07 Å². The van der Waals surface area contributed by atoms with Crippen LogP contribution in [0.5, 0.6) is 0 Å². The van der Waals surface area contributed by atoms with Crippen LogP contribution in [0, 0.1) is 5.82 Å². The molecule has 1 nitrogen and oxygen atoms in total. The minimum atomic E-state index is -0.361. The van der Waals surface area contributed by atoms with Gasteiger partial charge in [-0.05, 0) is 40.2 Å². The predicted molar refractivity (Wildman–Crippen MR) is 76.4 cm³/mol. The molecule has 0 saturated heterocycles. The first kappa shape index (κ1) is 11.8. The average molecular weight is 325 g/mol. The molecule has 90 valence electrons.